The molecule has 0 bridgehead atoms. The number of hydrogen-bond acceptors (Lipinski definition) is 6. The highest BCUT2D eigenvalue weighted by Crippen LogP contribution is 2.74. The first kappa shape index (κ1) is 29.3. The minimum absolute atomic E-state index is 0.0243. The van der Waals surface area contributed by atoms with Gasteiger partial charge >= 0.3 is 5.97 Å². The summed E-state index contributed by atoms with van der Waals surface area (Å²) in [6.45, 7) is 19.3. The fourth-order valence-corrected chi connectivity index (χ4v) is 10.7. The summed E-state index contributed by atoms with van der Waals surface area (Å²) in [5.74, 6) is 0.649. The topological polar surface area (TPSA) is 85.4 Å². The molecule has 1 heterocycles. The number of carbonyl (C=O) groups excluding carboxylic acids is 2. The first-order valence-corrected chi connectivity index (χ1v) is 15.3. The van der Waals surface area contributed by atoms with Gasteiger partial charge in [-0.3, -0.25) is 9.59 Å². The predicted molar refractivity (Wildman–Crippen MR) is 150 cm³/mol. The van der Waals surface area contributed by atoms with E-state index in [4.69, 9.17) is 14.2 Å². The lowest BCUT2D eigenvalue weighted by atomic mass is 9.36. The molecule has 4 fully saturated rings. The Balaban J connectivity index is 1.52. The van der Waals surface area contributed by atoms with Crippen LogP contribution in [0.5, 0.6) is 0 Å². The fourth-order valence-electron chi connectivity index (χ4n) is 10.7. The van der Waals surface area contributed by atoms with Crippen LogP contribution in [-0.4, -0.2) is 54.0 Å². The number of esters is 1. The highest BCUT2D eigenvalue weighted by Gasteiger charge is 2.70. The number of carbonyl (C=O) groups is 2. The zero-order valence-corrected chi connectivity index (χ0v) is 26.0. The molecular weight excluding hydrogens is 492 g/mol. The lowest BCUT2D eigenvalue weighted by molar-refractivity contribution is -0.209. The Kier molecular flexibility index (Phi) is 6.85. The van der Waals surface area contributed by atoms with Gasteiger partial charge in [-0.2, -0.15) is 0 Å². The van der Waals surface area contributed by atoms with Crippen LogP contribution in [0.1, 0.15) is 107 Å². The molecule has 1 aliphatic heterocycles. The number of aliphatic hydroxyl groups excluding tert-OH is 1. The van der Waals surface area contributed by atoms with E-state index in [0.29, 0.717) is 25.0 Å². The van der Waals surface area contributed by atoms with E-state index < -0.39 is 6.10 Å². The molecule has 1 saturated heterocycles. The van der Waals surface area contributed by atoms with Crippen molar-refractivity contribution < 1.29 is 28.9 Å². The summed E-state index contributed by atoms with van der Waals surface area (Å²) in [5.41, 5.74) is 1.74. The van der Waals surface area contributed by atoms with E-state index in [1.54, 1.807) is 7.11 Å². The summed E-state index contributed by atoms with van der Waals surface area (Å²) in [7, 11) is 1.80. The average molecular weight is 545 g/mol. The van der Waals surface area contributed by atoms with Crippen LogP contribution in [0.2, 0.25) is 0 Å². The molecule has 5 rings (SSSR count). The van der Waals surface area contributed by atoms with Crippen molar-refractivity contribution in [3.05, 3.63) is 11.1 Å². The standard InChI is InChI=1S/C33H52O6/c1-18(15-22(38-19(2)34)28-30(5,6)39-28)26-20-16-21(35)27-31(7)13-12-25(36)29(3,4)24(31)11-14-32(27,8)33(20,9)17-23(26)37-10/h18,21-24,27-28,35H,11-17H2,1-10H3/t18-,21-,22+,23-,24+,27-,28-,31+,32-,33-/m1/s1. The van der Waals surface area contributed by atoms with E-state index in [2.05, 4.69) is 41.5 Å². The highest BCUT2D eigenvalue weighted by atomic mass is 16.6. The Hall–Kier alpha value is -1.24. The fraction of sp³-hybridized carbons (Fsp3) is 0.879. The maximum Gasteiger partial charge on any atom is 0.302 e. The SMILES string of the molecule is CO[C@@H]1C[C@]2(C)C(=C1[C@H](C)C[C@H](OC(C)=O)[C@H]1OC1(C)C)C[C@@H](O)[C@@H]1[C@@]3(C)CCC(=O)C(C)(C)[C@@H]3CC[C@]12C. The molecule has 0 spiro atoms. The number of epoxide rings is 1. The molecule has 39 heavy (non-hydrogen) atoms. The van der Waals surface area contributed by atoms with Crippen molar-refractivity contribution in [3.8, 4) is 0 Å². The second-order valence-corrected chi connectivity index (χ2v) is 15.5. The van der Waals surface area contributed by atoms with Gasteiger partial charge < -0.3 is 19.3 Å². The molecule has 0 radical (unpaired) electrons. The number of rotatable bonds is 6. The van der Waals surface area contributed by atoms with Crippen LogP contribution < -0.4 is 0 Å². The van der Waals surface area contributed by atoms with E-state index in [1.807, 2.05) is 13.8 Å². The van der Waals surface area contributed by atoms with E-state index in [0.717, 1.165) is 25.7 Å². The van der Waals surface area contributed by atoms with E-state index >= 15 is 0 Å². The molecule has 0 unspecified atom stereocenters. The van der Waals surface area contributed by atoms with Gasteiger partial charge in [0.2, 0.25) is 0 Å². The molecule has 4 aliphatic carbocycles. The van der Waals surface area contributed by atoms with Crippen LogP contribution in [0, 0.1) is 39.4 Å². The van der Waals surface area contributed by atoms with Crippen LogP contribution in [0.25, 0.3) is 0 Å². The number of hydrogen-bond donors (Lipinski definition) is 1. The number of ketones is 1. The summed E-state index contributed by atoms with van der Waals surface area (Å²) in [4.78, 5) is 25.0. The zero-order valence-electron chi connectivity index (χ0n) is 26.0. The van der Waals surface area contributed by atoms with Crippen LogP contribution in [-0.2, 0) is 23.8 Å². The van der Waals surface area contributed by atoms with Gasteiger partial charge in [0.05, 0.1) is 17.8 Å². The molecule has 1 N–H and O–H groups in total. The van der Waals surface area contributed by atoms with Gasteiger partial charge in [0, 0.05) is 25.9 Å². The van der Waals surface area contributed by atoms with Gasteiger partial charge in [-0.15, -0.1) is 0 Å². The van der Waals surface area contributed by atoms with Crippen molar-refractivity contribution in [2.24, 2.45) is 39.4 Å². The molecule has 0 aromatic heterocycles. The molecule has 220 valence electrons. The van der Waals surface area contributed by atoms with Gasteiger partial charge in [0.25, 0.3) is 0 Å². The quantitative estimate of drug-likeness (QED) is 0.249. The van der Waals surface area contributed by atoms with Crippen molar-refractivity contribution in [2.75, 3.05) is 7.11 Å². The second kappa shape index (κ2) is 9.13. The largest absolute Gasteiger partial charge is 0.460 e. The third kappa shape index (κ3) is 4.13. The van der Waals surface area contributed by atoms with Crippen molar-refractivity contribution in [1.82, 2.24) is 0 Å². The molecular formula is C33H52O6. The lowest BCUT2D eigenvalue weighted by Gasteiger charge is -2.68. The second-order valence-electron chi connectivity index (χ2n) is 15.5. The van der Waals surface area contributed by atoms with Crippen LogP contribution in [0.4, 0.5) is 0 Å². The third-order valence-corrected chi connectivity index (χ3v) is 12.8. The number of ether oxygens (including phenoxy) is 3. The summed E-state index contributed by atoms with van der Waals surface area (Å²) < 4.78 is 17.9. The Labute approximate surface area is 235 Å². The van der Waals surface area contributed by atoms with E-state index in [9.17, 15) is 14.7 Å². The molecule has 10 atom stereocenters. The van der Waals surface area contributed by atoms with Gasteiger partial charge in [-0.05, 0) is 91.9 Å². The minimum atomic E-state index is -0.456. The number of Topliss-reactive ketones (excluding diaryl/α,β-unsaturated/α-hetero) is 1. The molecule has 0 aromatic rings. The summed E-state index contributed by atoms with van der Waals surface area (Å²) in [5, 5.41) is 12.0. The Bertz CT molecular complexity index is 1070. The first-order valence-electron chi connectivity index (χ1n) is 15.3. The Morgan fingerprint density at radius 3 is 2.33 bits per heavy atom. The predicted octanol–water partition coefficient (Wildman–Crippen LogP) is 6.04. The highest BCUT2D eigenvalue weighted by molar-refractivity contribution is 5.85. The lowest BCUT2D eigenvalue weighted by Crippen LogP contribution is -2.65. The number of methoxy groups -OCH3 is 1. The third-order valence-electron chi connectivity index (χ3n) is 12.8. The van der Waals surface area contributed by atoms with Gasteiger partial charge in [0.15, 0.2) is 0 Å². The smallest absolute Gasteiger partial charge is 0.302 e. The van der Waals surface area contributed by atoms with E-state index in [-0.39, 0.29) is 69.3 Å². The molecule has 5 aliphatic rings. The van der Waals surface area contributed by atoms with Crippen molar-refractivity contribution >= 4 is 11.8 Å². The molecule has 0 amide bonds. The normalized spacial score (nSPS) is 45.6. The minimum Gasteiger partial charge on any atom is -0.460 e. The number of fused-ring (bicyclic) bond motifs is 5. The molecule has 6 nitrogen and oxygen atoms in total. The maximum absolute atomic E-state index is 13.0. The van der Waals surface area contributed by atoms with Gasteiger partial charge in [-0.25, -0.2) is 0 Å². The average Bonchev–Trinajstić information content (AvgIpc) is 3.34. The van der Waals surface area contributed by atoms with Crippen molar-refractivity contribution in [1.29, 1.82) is 0 Å². The van der Waals surface area contributed by atoms with Gasteiger partial charge in [-0.1, -0.05) is 47.1 Å². The summed E-state index contributed by atoms with van der Waals surface area (Å²) >= 11 is 0. The summed E-state index contributed by atoms with van der Waals surface area (Å²) in [6.07, 6.45) is 4.84. The van der Waals surface area contributed by atoms with Crippen LogP contribution in [0.15, 0.2) is 11.1 Å². The van der Waals surface area contributed by atoms with Crippen molar-refractivity contribution in [2.45, 2.75) is 137 Å². The van der Waals surface area contributed by atoms with Crippen molar-refractivity contribution in [3.63, 3.8) is 0 Å². The molecule has 0 aromatic carbocycles. The summed E-state index contributed by atoms with van der Waals surface area (Å²) in [6, 6.07) is 0. The van der Waals surface area contributed by atoms with Gasteiger partial charge in [0.1, 0.15) is 18.0 Å². The zero-order chi connectivity index (χ0) is 28.9. The van der Waals surface area contributed by atoms with Crippen LogP contribution in [0.3, 0.4) is 0 Å². The van der Waals surface area contributed by atoms with Crippen LogP contribution >= 0.6 is 0 Å². The monoisotopic (exact) mass is 544 g/mol. The Morgan fingerprint density at radius 2 is 1.77 bits per heavy atom. The Morgan fingerprint density at radius 1 is 1.13 bits per heavy atom. The van der Waals surface area contributed by atoms with E-state index in [1.165, 1.54) is 18.1 Å². The first-order chi connectivity index (χ1) is 17.9. The molecule has 6 heteroatoms. The molecule has 3 saturated carbocycles. The maximum atomic E-state index is 13.0. The number of aliphatic hydroxyl groups is 1.